The van der Waals surface area contributed by atoms with Crippen LogP contribution in [-0.4, -0.2) is 30.4 Å². The molecule has 2 aromatic carbocycles. The molecule has 0 saturated carbocycles. The van der Waals surface area contributed by atoms with Gasteiger partial charge in [0.2, 0.25) is 5.91 Å². The minimum atomic E-state index is -0.476. The lowest BCUT2D eigenvalue weighted by Crippen LogP contribution is -2.36. The van der Waals surface area contributed by atoms with Gasteiger partial charge in [-0.25, -0.2) is 4.39 Å². The molecule has 24 heavy (non-hydrogen) atoms. The van der Waals surface area contributed by atoms with Crippen molar-refractivity contribution >= 4 is 11.9 Å². The van der Waals surface area contributed by atoms with Crippen LogP contribution in [0.15, 0.2) is 48.5 Å². The van der Waals surface area contributed by atoms with Crippen LogP contribution in [0.25, 0.3) is 0 Å². The molecule has 4 nitrogen and oxygen atoms in total. The highest BCUT2D eigenvalue weighted by Crippen LogP contribution is 2.13. The number of benzene rings is 2. The molecule has 0 aliphatic rings. The van der Waals surface area contributed by atoms with Gasteiger partial charge in [-0.1, -0.05) is 36.4 Å². The van der Waals surface area contributed by atoms with Crippen LogP contribution in [0.1, 0.15) is 16.7 Å². The zero-order valence-electron chi connectivity index (χ0n) is 13.8. The minimum absolute atomic E-state index is 0.100. The standard InChI is InChI=1S/C19H20FNO3/c1-14-5-3-4-6-16(14)12-21(13-19(23)24-2)18(22)11-15-7-9-17(20)10-8-15/h3-10H,11-13H2,1-2H3. The summed E-state index contributed by atoms with van der Waals surface area (Å²) < 4.78 is 17.7. The molecule has 0 atom stereocenters. The molecule has 1 amide bonds. The van der Waals surface area contributed by atoms with Crippen molar-refractivity contribution in [2.75, 3.05) is 13.7 Å². The number of hydrogen-bond acceptors (Lipinski definition) is 3. The van der Waals surface area contributed by atoms with Crippen LogP contribution in [-0.2, 0) is 27.3 Å². The number of rotatable bonds is 6. The van der Waals surface area contributed by atoms with Crippen LogP contribution < -0.4 is 0 Å². The number of carbonyl (C=O) groups is 2. The Morgan fingerprint density at radius 2 is 1.75 bits per heavy atom. The first-order valence-corrected chi connectivity index (χ1v) is 7.63. The Morgan fingerprint density at radius 1 is 1.08 bits per heavy atom. The zero-order chi connectivity index (χ0) is 17.5. The molecule has 126 valence electrons. The molecule has 0 bridgehead atoms. The molecule has 0 fully saturated rings. The number of hydrogen-bond donors (Lipinski definition) is 0. The molecule has 0 aliphatic carbocycles. The molecule has 0 radical (unpaired) electrons. The van der Waals surface area contributed by atoms with Gasteiger partial charge in [-0.2, -0.15) is 0 Å². The third-order valence-corrected chi connectivity index (χ3v) is 3.79. The lowest BCUT2D eigenvalue weighted by Gasteiger charge is -2.22. The van der Waals surface area contributed by atoms with Crippen molar-refractivity contribution in [1.29, 1.82) is 0 Å². The van der Waals surface area contributed by atoms with Gasteiger partial charge >= 0.3 is 5.97 Å². The molecule has 5 heteroatoms. The molecule has 2 rings (SSSR count). The maximum atomic E-state index is 13.0. The third-order valence-electron chi connectivity index (χ3n) is 3.79. The van der Waals surface area contributed by atoms with Crippen LogP contribution >= 0.6 is 0 Å². The summed E-state index contributed by atoms with van der Waals surface area (Å²) in [4.78, 5) is 25.7. The minimum Gasteiger partial charge on any atom is -0.468 e. The SMILES string of the molecule is COC(=O)CN(Cc1ccccc1C)C(=O)Cc1ccc(F)cc1. The van der Waals surface area contributed by atoms with Crippen molar-refractivity contribution in [2.45, 2.75) is 19.9 Å². The van der Waals surface area contributed by atoms with E-state index in [2.05, 4.69) is 4.74 Å². The number of esters is 1. The van der Waals surface area contributed by atoms with Gasteiger partial charge in [-0.15, -0.1) is 0 Å². The van der Waals surface area contributed by atoms with Crippen molar-refractivity contribution in [1.82, 2.24) is 4.90 Å². The second-order valence-electron chi connectivity index (χ2n) is 5.56. The van der Waals surface area contributed by atoms with Crippen LogP contribution in [0.3, 0.4) is 0 Å². The smallest absolute Gasteiger partial charge is 0.325 e. The van der Waals surface area contributed by atoms with Crippen LogP contribution in [0, 0.1) is 12.7 Å². The molecule has 0 N–H and O–H groups in total. The van der Waals surface area contributed by atoms with E-state index >= 15 is 0 Å². The van der Waals surface area contributed by atoms with Gasteiger partial charge in [0.1, 0.15) is 12.4 Å². The number of nitrogens with zero attached hydrogens (tertiary/aromatic N) is 1. The Labute approximate surface area is 140 Å². The van der Waals surface area contributed by atoms with Crippen molar-refractivity contribution < 1.29 is 18.7 Å². The largest absolute Gasteiger partial charge is 0.468 e. The van der Waals surface area contributed by atoms with E-state index in [0.29, 0.717) is 12.1 Å². The van der Waals surface area contributed by atoms with Crippen LogP contribution in [0.2, 0.25) is 0 Å². The highest BCUT2D eigenvalue weighted by Gasteiger charge is 2.19. The van der Waals surface area contributed by atoms with Gasteiger partial charge < -0.3 is 9.64 Å². The fourth-order valence-electron chi connectivity index (χ4n) is 2.33. The van der Waals surface area contributed by atoms with Crippen molar-refractivity contribution in [2.24, 2.45) is 0 Å². The van der Waals surface area contributed by atoms with Crippen LogP contribution in [0.4, 0.5) is 4.39 Å². The molecule has 0 aromatic heterocycles. The summed E-state index contributed by atoms with van der Waals surface area (Å²) in [7, 11) is 1.29. The van der Waals surface area contributed by atoms with E-state index in [0.717, 1.165) is 11.1 Å². The Hall–Kier alpha value is -2.69. The summed E-state index contributed by atoms with van der Waals surface area (Å²) in [6, 6.07) is 13.5. The number of amides is 1. The van der Waals surface area contributed by atoms with Crippen molar-refractivity contribution in [3.8, 4) is 0 Å². The van der Waals surface area contributed by atoms with Gasteiger partial charge in [0.05, 0.1) is 13.5 Å². The summed E-state index contributed by atoms with van der Waals surface area (Å²) in [6.45, 7) is 2.16. The number of methoxy groups -OCH3 is 1. The topological polar surface area (TPSA) is 46.6 Å². The van der Waals surface area contributed by atoms with Crippen LogP contribution in [0.5, 0.6) is 0 Å². The van der Waals surface area contributed by atoms with Crippen molar-refractivity contribution in [3.63, 3.8) is 0 Å². The van der Waals surface area contributed by atoms with Crippen molar-refractivity contribution in [3.05, 3.63) is 71.0 Å². The Kier molecular flexibility index (Phi) is 6.07. The first-order chi connectivity index (χ1) is 11.5. The van der Waals surface area contributed by atoms with E-state index < -0.39 is 5.97 Å². The maximum Gasteiger partial charge on any atom is 0.325 e. The average molecular weight is 329 g/mol. The van der Waals surface area contributed by atoms with E-state index in [1.54, 1.807) is 12.1 Å². The molecule has 0 aliphatic heterocycles. The van der Waals surface area contributed by atoms with Gasteiger partial charge in [-0.3, -0.25) is 9.59 Å². The lowest BCUT2D eigenvalue weighted by atomic mass is 10.1. The van der Waals surface area contributed by atoms with Gasteiger partial charge in [-0.05, 0) is 35.7 Å². The molecular formula is C19H20FNO3. The second-order valence-corrected chi connectivity index (χ2v) is 5.56. The highest BCUT2D eigenvalue weighted by molar-refractivity contribution is 5.83. The van der Waals surface area contributed by atoms with Gasteiger partial charge in [0, 0.05) is 6.54 Å². The third kappa shape index (κ3) is 4.91. The van der Waals surface area contributed by atoms with E-state index in [1.165, 1.54) is 24.1 Å². The number of aryl methyl sites for hydroxylation is 1. The quantitative estimate of drug-likeness (QED) is 0.766. The first kappa shape index (κ1) is 17.7. The molecule has 2 aromatic rings. The summed E-state index contributed by atoms with van der Waals surface area (Å²) >= 11 is 0. The fourth-order valence-corrected chi connectivity index (χ4v) is 2.33. The van der Waals surface area contributed by atoms with E-state index in [-0.39, 0.29) is 24.7 Å². The van der Waals surface area contributed by atoms with E-state index in [9.17, 15) is 14.0 Å². The van der Waals surface area contributed by atoms with Gasteiger partial charge in [0.15, 0.2) is 0 Å². The Balaban J connectivity index is 2.15. The molecule has 0 unspecified atom stereocenters. The Morgan fingerprint density at radius 3 is 2.38 bits per heavy atom. The zero-order valence-corrected chi connectivity index (χ0v) is 13.8. The Bertz CT molecular complexity index is 713. The maximum absolute atomic E-state index is 13.0. The normalized spacial score (nSPS) is 10.3. The fraction of sp³-hybridized carbons (Fsp3) is 0.263. The predicted molar refractivity (Wildman–Crippen MR) is 88.7 cm³/mol. The highest BCUT2D eigenvalue weighted by atomic mass is 19.1. The number of carbonyl (C=O) groups excluding carboxylic acids is 2. The lowest BCUT2D eigenvalue weighted by molar-refractivity contribution is -0.147. The predicted octanol–water partition coefficient (Wildman–Crippen LogP) is 2.88. The van der Waals surface area contributed by atoms with Gasteiger partial charge in [0.25, 0.3) is 0 Å². The summed E-state index contributed by atoms with van der Waals surface area (Å²) in [5, 5.41) is 0. The average Bonchev–Trinajstić information content (AvgIpc) is 2.58. The molecule has 0 saturated heterocycles. The molecule has 0 heterocycles. The van der Waals surface area contributed by atoms with E-state index in [4.69, 9.17) is 0 Å². The van der Waals surface area contributed by atoms with E-state index in [1.807, 2.05) is 31.2 Å². The first-order valence-electron chi connectivity index (χ1n) is 7.63. The summed E-state index contributed by atoms with van der Waals surface area (Å²) in [6.07, 6.45) is 0.100. The summed E-state index contributed by atoms with van der Waals surface area (Å²) in [5.41, 5.74) is 2.71. The number of ether oxygens (including phenoxy) is 1. The summed E-state index contributed by atoms with van der Waals surface area (Å²) in [5.74, 6) is -1.04. The molecule has 0 spiro atoms. The molecular weight excluding hydrogens is 309 g/mol. The number of halogens is 1. The second kappa shape index (κ2) is 8.24. The monoisotopic (exact) mass is 329 g/mol.